The number of carbonyl (C=O) groups excluding carboxylic acids is 1. The molecule has 0 N–H and O–H groups in total. The molecule has 2 aromatic carbocycles. The Morgan fingerprint density at radius 1 is 1.15 bits per heavy atom. The lowest BCUT2D eigenvalue weighted by Gasteiger charge is -2.33. The molecule has 0 saturated heterocycles. The summed E-state index contributed by atoms with van der Waals surface area (Å²) in [5.74, 6) is 0.00490. The maximum Gasteiger partial charge on any atom is 0.136 e. The molecule has 2 aromatic rings. The van der Waals surface area contributed by atoms with Crippen molar-refractivity contribution in [1.82, 2.24) is 0 Å². The van der Waals surface area contributed by atoms with Crippen molar-refractivity contribution >= 4 is 16.6 Å². The fourth-order valence-corrected chi connectivity index (χ4v) is 5.30. The van der Waals surface area contributed by atoms with E-state index in [9.17, 15) is 14.3 Å². The fraction of sp³-hybridized carbons (Fsp3) is 0.364. The lowest BCUT2D eigenvalue weighted by Crippen LogP contribution is -2.34. The molecule has 0 aliphatic heterocycles. The van der Waals surface area contributed by atoms with Gasteiger partial charge in [0.2, 0.25) is 0 Å². The monoisotopic (exact) mass is 365 g/mol. The van der Waals surface area contributed by atoms with Crippen molar-refractivity contribution in [2.45, 2.75) is 48.8 Å². The summed E-state index contributed by atoms with van der Waals surface area (Å²) < 4.78 is 13.2. The van der Waals surface area contributed by atoms with Gasteiger partial charge in [-0.15, -0.1) is 0 Å². The highest BCUT2D eigenvalue weighted by Gasteiger charge is 2.46. The number of ketones is 1. The fourth-order valence-electron chi connectivity index (χ4n) is 3.98. The van der Waals surface area contributed by atoms with Crippen LogP contribution in [-0.4, -0.2) is 9.99 Å². The van der Waals surface area contributed by atoms with Gasteiger partial charge in [-0.1, -0.05) is 42.8 Å². The lowest BCUT2D eigenvalue weighted by atomic mass is 9.69. The normalized spacial score (nSPS) is 23.2. The van der Waals surface area contributed by atoms with Crippen LogP contribution in [0.25, 0.3) is 0 Å². The first-order valence-electron chi connectivity index (χ1n) is 8.90. The maximum atomic E-state index is 13.2. The van der Waals surface area contributed by atoms with Crippen molar-refractivity contribution < 1.29 is 9.00 Å². The molecule has 3 nitrogen and oxygen atoms in total. The number of hydrogen-bond donors (Lipinski definition) is 0. The van der Waals surface area contributed by atoms with Gasteiger partial charge in [-0.25, -0.2) is 4.21 Å². The molecular formula is C22H23NO2S. The van der Waals surface area contributed by atoms with E-state index < -0.39 is 16.2 Å². The molecule has 0 spiro atoms. The van der Waals surface area contributed by atoms with E-state index in [4.69, 9.17) is 0 Å². The number of nitrogens with zero attached hydrogens (tertiary/aromatic N) is 1. The second-order valence-corrected chi connectivity index (χ2v) is 8.74. The third-order valence-corrected chi connectivity index (χ3v) is 7.12. The molecule has 1 aliphatic rings. The zero-order chi connectivity index (χ0) is 18.9. The zero-order valence-electron chi connectivity index (χ0n) is 15.4. The highest BCUT2D eigenvalue weighted by atomic mass is 32.2. The molecule has 0 aromatic heterocycles. The lowest BCUT2D eigenvalue weighted by molar-refractivity contribution is -0.121. The minimum atomic E-state index is -1.37. The molecule has 4 atom stereocenters. The summed E-state index contributed by atoms with van der Waals surface area (Å²) in [6, 6.07) is 17.5. The van der Waals surface area contributed by atoms with Gasteiger partial charge in [0.25, 0.3) is 0 Å². The Labute approximate surface area is 157 Å². The van der Waals surface area contributed by atoms with Crippen molar-refractivity contribution in [2.75, 3.05) is 0 Å². The summed E-state index contributed by atoms with van der Waals surface area (Å²) in [6.45, 7) is 5.79. The summed E-state index contributed by atoms with van der Waals surface area (Å²) in [5.41, 5.74) is 1.04. The number of carbonyl (C=O) groups is 1. The Kier molecular flexibility index (Phi) is 5.11. The van der Waals surface area contributed by atoms with Crippen LogP contribution in [-0.2, 0) is 21.0 Å². The first-order valence-corrected chi connectivity index (χ1v) is 10.1. The topological polar surface area (TPSA) is 57.9 Å². The Morgan fingerprint density at radius 3 is 2.38 bits per heavy atom. The van der Waals surface area contributed by atoms with E-state index in [1.165, 1.54) is 0 Å². The number of rotatable bonds is 4. The molecular weight excluding hydrogens is 342 g/mol. The molecule has 134 valence electrons. The molecule has 1 aliphatic carbocycles. The molecule has 3 rings (SSSR count). The summed E-state index contributed by atoms with van der Waals surface area (Å²) in [6.07, 6.45) is 1.22. The van der Waals surface area contributed by atoms with E-state index in [1.807, 2.05) is 69.3 Å². The predicted octanol–water partition coefficient (Wildman–Crippen LogP) is 4.56. The number of hydrogen-bond acceptors (Lipinski definition) is 3. The molecule has 26 heavy (non-hydrogen) atoms. The molecule has 0 unspecified atom stereocenters. The molecule has 0 bridgehead atoms. The van der Waals surface area contributed by atoms with Crippen LogP contribution >= 0.6 is 0 Å². The largest absolute Gasteiger partial charge is 0.299 e. The minimum absolute atomic E-state index is 0.0591. The quantitative estimate of drug-likeness (QED) is 0.798. The highest BCUT2D eigenvalue weighted by molar-refractivity contribution is 7.85. The van der Waals surface area contributed by atoms with Crippen LogP contribution in [0.3, 0.4) is 0 Å². The Morgan fingerprint density at radius 2 is 1.81 bits per heavy atom. The second-order valence-electron chi connectivity index (χ2n) is 7.29. The average Bonchev–Trinajstić information content (AvgIpc) is 3.00. The van der Waals surface area contributed by atoms with Crippen LogP contribution < -0.4 is 0 Å². The van der Waals surface area contributed by atoms with Gasteiger partial charge in [0.15, 0.2) is 0 Å². The number of Topliss-reactive ketones (excluding diaryl/α,β-unsaturated/α-hetero) is 1. The second kappa shape index (κ2) is 7.17. The molecule has 1 saturated carbocycles. The summed E-state index contributed by atoms with van der Waals surface area (Å²) >= 11 is 0. The van der Waals surface area contributed by atoms with Crippen LogP contribution in [0.1, 0.15) is 37.8 Å². The van der Waals surface area contributed by atoms with Crippen LogP contribution in [0.4, 0.5) is 0 Å². The Balaban J connectivity index is 2.08. The van der Waals surface area contributed by atoms with Gasteiger partial charge in [-0.05, 0) is 49.9 Å². The van der Waals surface area contributed by atoms with Gasteiger partial charge in [0, 0.05) is 22.1 Å². The van der Waals surface area contributed by atoms with Gasteiger partial charge in [-0.3, -0.25) is 4.79 Å². The average molecular weight is 365 g/mol. The molecule has 1 fully saturated rings. The van der Waals surface area contributed by atoms with Crippen molar-refractivity contribution in [2.24, 2.45) is 11.8 Å². The predicted molar refractivity (Wildman–Crippen MR) is 102 cm³/mol. The molecule has 4 heteroatoms. The van der Waals surface area contributed by atoms with E-state index in [2.05, 4.69) is 6.07 Å². The van der Waals surface area contributed by atoms with Gasteiger partial charge < -0.3 is 0 Å². The summed E-state index contributed by atoms with van der Waals surface area (Å²) in [7, 11) is -1.37. The number of benzene rings is 2. The number of aryl methyl sites for hydroxylation is 1. The van der Waals surface area contributed by atoms with E-state index in [0.29, 0.717) is 17.7 Å². The van der Waals surface area contributed by atoms with Crippen LogP contribution in [0.2, 0.25) is 0 Å². The van der Waals surface area contributed by atoms with Gasteiger partial charge in [-0.2, -0.15) is 5.26 Å². The standard InChI is InChI=1S/C22H23NO2S/c1-15-8-10-17(11-9-15)26(25)21-7-5-4-6-19(21)22(3,14-23)18-12-13-20(24)16(18)2/h4-11,16,18H,12-13H2,1-3H3/t16-,18+,22-,26+/m1/s1. The summed E-state index contributed by atoms with van der Waals surface area (Å²) in [4.78, 5) is 13.5. The van der Waals surface area contributed by atoms with Crippen molar-refractivity contribution in [1.29, 1.82) is 5.26 Å². The third-order valence-electron chi connectivity index (χ3n) is 5.67. The Hall–Kier alpha value is -2.25. The highest BCUT2D eigenvalue weighted by Crippen LogP contribution is 2.45. The van der Waals surface area contributed by atoms with Gasteiger partial charge in [0.1, 0.15) is 5.78 Å². The van der Waals surface area contributed by atoms with E-state index in [1.54, 1.807) is 0 Å². The van der Waals surface area contributed by atoms with Crippen molar-refractivity contribution in [3.8, 4) is 6.07 Å². The van der Waals surface area contributed by atoms with Crippen molar-refractivity contribution in [3.63, 3.8) is 0 Å². The van der Waals surface area contributed by atoms with E-state index >= 15 is 0 Å². The van der Waals surface area contributed by atoms with Gasteiger partial charge >= 0.3 is 0 Å². The van der Waals surface area contributed by atoms with E-state index in [-0.39, 0.29) is 17.6 Å². The Bertz CT molecular complexity index is 897. The SMILES string of the molecule is Cc1ccc([S@](=O)c2ccccc2[C@](C)(C#N)[C@H]2CCC(=O)[C@@H]2C)cc1. The first kappa shape index (κ1) is 18.5. The van der Waals surface area contributed by atoms with E-state index in [0.717, 1.165) is 16.0 Å². The maximum absolute atomic E-state index is 13.2. The van der Waals surface area contributed by atoms with Crippen LogP contribution in [0.5, 0.6) is 0 Å². The number of nitriles is 1. The first-order chi connectivity index (χ1) is 12.4. The summed E-state index contributed by atoms with van der Waals surface area (Å²) in [5, 5.41) is 10.1. The molecule has 0 radical (unpaired) electrons. The molecule has 0 heterocycles. The third kappa shape index (κ3) is 3.12. The van der Waals surface area contributed by atoms with Gasteiger partial charge in [0.05, 0.1) is 22.3 Å². The smallest absolute Gasteiger partial charge is 0.136 e. The molecule has 0 amide bonds. The van der Waals surface area contributed by atoms with Crippen LogP contribution in [0, 0.1) is 30.1 Å². The van der Waals surface area contributed by atoms with Crippen molar-refractivity contribution in [3.05, 3.63) is 59.7 Å². The zero-order valence-corrected chi connectivity index (χ0v) is 16.2. The van der Waals surface area contributed by atoms with Crippen LogP contribution in [0.15, 0.2) is 58.3 Å². The minimum Gasteiger partial charge on any atom is -0.299 e.